The van der Waals surface area contributed by atoms with E-state index >= 15 is 0 Å². The van der Waals surface area contributed by atoms with Gasteiger partial charge in [0.2, 0.25) is 5.91 Å². The van der Waals surface area contributed by atoms with Crippen LogP contribution in [0.1, 0.15) is 6.92 Å². The van der Waals surface area contributed by atoms with Crippen molar-refractivity contribution >= 4 is 17.7 Å². The van der Waals surface area contributed by atoms with E-state index in [1.54, 1.807) is 13.1 Å². The van der Waals surface area contributed by atoms with E-state index in [-0.39, 0.29) is 5.91 Å². The summed E-state index contributed by atoms with van der Waals surface area (Å²) in [5.74, 6) is 0.232. The van der Waals surface area contributed by atoms with Crippen LogP contribution in [-0.4, -0.2) is 34.4 Å². The molecular weight excluding hydrogens is 212 g/mol. The SMILES string of the molecule is C[C@H](O)CNC(=O)CSc1ccccn1. The molecule has 1 aromatic heterocycles. The molecule has 0 aromatic carbocycles. The summed E-state index contributed by atoms with van der Waals surface area (Å²) in [6, 6.07) is 5.56. The summed E-state index contributed by atoms with van der Waals surface area (Å²) < 4.78 is 0. The maximum Gasteiger partial charge on any atom is 0.230 e. The van der Waals surface area contributed by atoms with Crippen LogP contribution in [0.15, 0.2) is 29.4 Å². The van der Waals surface area contributed by atoms with Crippen molar-refractivity contribution in [3.05, 3.63) is 24.4 Å². The van der Waals surface area contributed by atoms with Crippen molar-refractivity contribution in [2.45, 2.75) is 18.1 Å². The first-order valence-corrected chi connectivity index (χ1v) is 5.65. The van der Waals surface area contributed by atoms with Gasteiger partial charge in [-0.2, -0.15) is 0 Å². The molecule has 82 valence electrons. The first-order valence-electron chi connectivity index (χ1n) is 4.67. The number of thioether (sulfide) groups is 1. The van der Waals surface area contributed by atoms with Crippen molar-refractivity contribution < 1.29 is 9.90 Å². The number of pyridine rings is 1. The predicted molar refractivity (Wildman–Crippen MR) is 59.7 cm³/mol. The monoisotopic (exact) mass is 226 g/mol. The van der Waals surface area contributed by atoms with E-state index in [1.165, 1.54) is 11.8 Å². The normalized spacial score (nSPS) is 12.1. The smallest absolute Gasteiger partial charge is 0.230 e. The number of aromatic nitrogens is 1. The average Bonchev–Trinajstić information content (AvgIpc) is 2.25. The lowest BCUT2D eigenvalue weighted by Crippen LogP contribution is -2.31. The highest BCUT2D eigenvalue weighted by atomic mass is 32.2. The van der Waals surface area contributed by atoms with Gasteiger partial charge < -0.3 is 10.4 Å². The van der Waals surface area contributed by atoms with Gasteiger partial charge in [0.1, 0.15) is 0 Å². The highest BCUT2D eigenvalue weighted by molar-refractivity contribution is 7.99. The first-order chi connectivity index (χ1) is 7.18. The zero-order valence-electron chi connectivity index (χ0n) is 8.51. The maximum atomic E-state index is 11.2. The minimum atomic E-state index is -0.506. The quantitative estimate of drug-likeness (QED) is 0.724. The van der Waals surface area contributed by atoms with Gasteiger partial charge in [0.25, 0.3) is 0 Å². The third-order valence-corrected chi connectivity index (χ3v) is 2.53. The Balaban J connectivity index is 2.23. The summed E-state index contributed by atoms with van der Waals surface area (Å²) in [7, 11) is 0. The van der Waals surface area contributed by atoms with E-state index in [0.717, 1.165) is 5.03 Å². The number of aliphatic hydroxyl groups excluding tert-OH is 1. The van der Waals surface area contributed by atoms with E-state index in [1.807, 2.05) is 18.2 Å². The van der Waals surface area contributed by atoms with Crippen LogP contribution in [0, 0.1) is 0 Å². The van der Waals surface area contributed by atoms with Gasteiger partial charge in [0.05, 0.1) is 16.9 Å². The minimum Gasteiger partial charge on any atom is -0.392 e. The van der Waals surface area contributed by atoms with Crippen LogP contribution in [0.2, 0.25) is 0 Å². The van der Waals surface area contributed by atoms with Gasteiger partial charge >= 0.3 is 0 Å². The molecule has 1 atom stereocenters. The number of nitrogens with zero attached hydrogens (tertiary/aromatic N) is 1. The molecule has 0 saturated carbocycles. The number of rotatable bonds is 5. The zero-order chi connectivity index (χ0) is 11.1. The van der Waals surface area contributed by atoms with E-state index in [0.29, 0.717) is 12.3 Å². The summed E-state index contributed by atoms with van der Waals surface area (Å²) in [5, 5.41) is 12.4. The number of carbonyl (C=O) groups excluding carboxylic acids is 1. The third kappa shape index (κ3) is 5.39. The van der Waals surface area contributed by atoms with Crippen LogP contribution in [0.3, 0.4) is 0 Å². The summed E-state index contributed by atoms with van der Waals surface area (Å²) in [4.78, 5) is 15.3. The number of hydrogen-bond donors (Lipinski definition) is 2. The Labute approximate surface area is 93.1 Å². The summed E-state index contributed by atoms with van der Waals surface area (Å²) >= 11 is 1.38. The highest BCUT2D eigenvalue weighted by Gasteiger charge is 2.03. The molecule has 0 bridgehead atoms. The molecule has 2 N–H and O–H groups in total. The first kappa shape index (κ1) is 12.0. The Hall–Kier alpha value is -1.07. The van der Waals surface area contributed by atoms with Crippen molar-refractivity contribution in [3.8, 4) is 0 Å². The molecule has 0 aliphatic heterocycles. The Kier molecular flexibility index (Phi) is 5.14. The summed E-state index contributed by atoms with van der Waals surface area (Å²) in [6.07, 6.45) is 1.18. The van der Waals surface area contributed by atoms with E-state index in [9.17, 15) is 4.79 Å². The van der Waals surface area contributed by atoms with Crippen molar-refractivity contribution in [1.82, 2.24) is 10.3 Å². The van der Waals surface area contributed by atoms with Crippen LogP contribution >= 0.6 is 11.8 Å². The Morgan fingerprint density at radius 1 is 1.67 bits per heavy atom. The van der Waals surface area contributed by atoms with Gasteiger partial charge in [-0.1, -0.05) is 17.8 Å². The molecule has 0 aliphatic carbocycles. The number of carbonyl (C=O) groups is 1. The van der Waals surface area contributed by atoms with Gasteiger partial charge in [-0.3, -0.25) is 4.79 Å². The molecule has 1 heterocycles. The van der Waals surface area contributed by atoms with Gasteiger partial charge in [0, 0.05) is 12.7 Å². The van der Waals surface area contributed by atoms with Crippen molar-refractivity contribution in [1.29, 1.82) is 0 Å². The molecule has 0 unspecified atom stereocenters. The molecule has 1 amide bonds. The average molecular weight is 226 g/mol. The fourth-order valence-electron chi connectivity index (χ4n) is 0.885. The molecule has 1 aromatic rings. The zero-order valence-corrected chi connectivity index (χ0v) is 9.33. The topological polar surface area (TPSA) is 62.2 Å². The third-order valence-electron chi connectivity index (χ3n) is 1.58. The molecule has 0 saturated heterocycles. The second kappa shape index (κ2) is 6.42. The van der Waals surface area contributed by atoms with E-state index in [4.69, 9.17) is 5.11 Å². The number of nitrogens with one attached hydrogen (secondary N) is 1. The second-order valence-electron chi connectivity index (χ2n) is 3.11. The number of aliphatic hydroxyl groups is 1. The van der Waals surface area contributed by atoms with Crippen LogP contribution < -0.4 is 5.32 Å². The molecule has 0 spiro atoms. The van der Waals surface area contributed by atoms with Crippen LogP contribution in [-0.2, 0) is 4.79 Å². The summed E-state index contributed by atoms with van der Waals surface area (Å²) in [5.41, 5.74) is 0. The molecular formula is C10H14N2O2S. The van der Waals surface area contributed by atoms with Crippen LogP contribution in [0.5, 0.6) is 0 Å². The van der Waals surface area contributed by atoms with Gasteiger partial charge in [-0.05, 0) is 19.1 Å². The van der Waals surface area contributed by atoms with Crippen LogP contribution in [0.4, 0.5) is 0 Å². The predicted octanol–water partition coefficient (Wildman–Crippen LogP) is 0.671. The largest absolute Gasteiger partial charge is 0.392 e. The number of amides is 1. The van der Waals surface area contributed by atoms with Crippen LogP contribution in [0.25, 0.3) is 0 Å². The fourth-order valence-corrected chi connectivity index (χ4v) is 1.58. The summed E-state index contributed by atoms with van der Waals surface area (Å²) in [6.45, 7) is 1.92. The van der Waals surface area contributed by atoms with E-state index in [2.05, 4.69) is 10.3 Å². The molecule has 0 aliphatic rings. The Morgan fingerprint density at radius 2 is 2.47 bits per heavy atom. The Morgan fingerprint density at radius 3 is 3.07 bits per heavy atom. The maximum absolute atomic E-state index is 11.2. The molecule has 5 heteroatoms. The lowest BCUT2D eigenvalue weighted by molar-refractivity contribution is -0.118. The highest BCUT2D eigenvalue weighted by Crippen LogP contribution is 2.12. The van der Waals surface area contributed by atoms with Gasteiger partial charge in [-0.15, -0.1) is 0 Å². The van der Waals surface area contributed by atoms with Gasteiger partial charge in [-0.25, -0.2) is 4.98 Å². The molecule has 15 heavy (non-hydrogen) atoms. The standard InChI is InChI=1S/C10H14N2O2S/c1-8(13)6-12-9(14)7-15-10-4-2-3-5-11-10/h2-5,8,13H,6-7H2,1H3,(H,12,14)/t8-/m0/s1. The second-order valence-corrected chi connectivity index (χ2v) is 4.11. The van der Waals surface area contributed by atoms with Gasteiger partial charge in [0.15, 0.2) is 0 Å². The fraction of sp³-hybridized carbons (Fsp3) is 0.400. The van der Waals surface area contributed by atoms with Crippen molar-refractivity contribution in [3.63, 3.8) is 0 Å². The minimum absolute atomic E-state index is 0.0912. The molecule has 0 fully saturated rings. The lowest BCUT2D eigenvalue weighted by atomic mass is 10.4. The van der Waals surface area contributed by atoms with Crippen molar-refractivity contribution in [2.24, 2.45) is 0 Å². The van der Waals surface area contributed by atoms with Crippen molar-refractivity contribution in [2.75, 3.05) is 12.3 Å². The molecule has 4 nitrogen and oxygen atoms in total. The number of hydrogen-bond acceptors (Lipinski definition) is 4. The lowest BCUT2D eigenvalue weighted by Gasteiger charge is -2.06. The Bertz CT molecular complexity index is 304. The molecule has 1 rings (SSSR count). The molecule has 0 radical (unpaired) electrons. The van der Waals surface area contributed by atoms with E-state index < -0.39 is 6.10 Å².